The maximum Gasteiger partial charge on any atom is 0.192 e. The first-order chi connectivity index (χ1) is 9.67. The third-order valence-electron chi connectivity index (χ3n) is 2.76. The van der Waals surface area contributed by atoms with E-state index in [2.05, 4.69) is 16.9 Å². The molecule has 0 unspecified atom stereocenters. The highest BCUT2D eigenvalue weighted by Gasteiger charge is 2.03. The molecule has 0 bridgehead atoms. The van der Waals surface area contributed by atoms with Crippen LogP contribution < -0.4 is 4.74 Å². The second-order valence-corrected chi connectivity index (χ2v) is 5.75. The number of aromatic nitrogens is 2. The van der Waals surface area contributed by atoms with Gasteiger partial charge < -0.3 is 4.74 Å². The molecule has 0 fully saturated rings. The molecule has 0 saturated carbocycles. The first-order valence-electron chi connectivity index (χ1n) is 6.90. The van der Waals surface area contributed by atoms with Crippen molar-refractivity contribution >= 4 is 11.8 Å². The molecular formula is C16H20N2OS. The van der Waals surface area contributed by atoms with Crippen molar-refractivity contribution in [2.24, 2.45) is 0 Å². The summed E-state index contributed by atoms with van der Waals surface area (Å²) in [6, 6.07) is 10.1. The zero-order valence-electron chi connectivity index (χ0n) is 12.2. The molecule has 2 rings (SSSR count). The molecule has 0 radical (unpaired) electrons. The van der Waals surface area contributed by atoms with E-state index in [0.717, 1.165) is 46.6 Å². The number of unbranched alkanes of at least 4 members (excludes halogenated alkanes) is 1. The molecule has 106 valence electrons. The quantitative estimate of drug-likeness (QED) is 0.582. The molecule has 1 aromatic heterocycles. The van der Waals surface area contributed by atoms with Crippen molar-refractivity contribution in [3.63, 3.8) is 0 Å². The summed E-state index contributed by atoms with van der Waals surface area (Å²) < 4.78 is 5.65. The van der Waals surface area contributed by atoms with Crippen molar-refractivity contribution in [2.75, 3.05) is 6.61 Å². The fourth-order valence-corrected chi connectivity index (χ4v) is 2.65. The van der Waals surface area contributed by atoms with Crippen LogP contribution >= 0.6 is 11.8 Å². The summed E-state index contributed by atoms with van der Waals surface area (Å²) in [5.41, 5.74) is 2.00. The monoisotopic (exact) mass is 288 g/mol. The second-order valence-electron chi connectivity index (χ2n) is 4.71. The average Bonchev–Trinajstić information content (AvgIpc) is 2.40. The minimum atomic E-state index is 0.781. The number of ether oxygens (including phenoxy) is 1. The molecule has 0 atom stereocenters. The standard InChI is InChI=1S/C16H20N2OS/c1-4-5-10-19-14-6-8-15(9-7-14)20-16-17-12(2)11-13(3)18-16/h6-9,11H,4-5,10H2,1-3H3. The highest BCUT2D eigenvalue weighted by atomic mass is 32.2. The number of hydrogen-bond donors (Lipinski definition) is 0. The molecule has 20 heavy (non-hydrogen) atoms. The number of nitrogens with zero attached hydrogens (tertiary/aromatic N) is 2. The smallest absolute Gasteiger partial charge is 0.192 e. The maximum atomic E-state index is 5.65. The Morgan fingerprint density at radius 2 is 1.70 bits per heavy atom. The Labute approximate surface area is 124 Å². The van der Waals surface area contributed by atoms with E-state index in [1.807, 2.05) is 44.2 Å². The van der Waals surface area contributed by atoms with Gasteiger partial charge in [0.2, 0.25) is 0 Å². The molecule has 1 heterocycles. The highest BCUT2D eigenvalue weighted by Crippen LogP contribution is 2.26. The molecule has 0 aliphatic carbocycles. The Morgan fingerprint density at radius 1 is 1.05 bits per heavy atom. The normalized spacial score (nSPS) is 10.6. The lowest BCUT2D eigenvalue weighted by Crippen LogP contribution is -1.96. The second kappa shape index (κ2) is 7.29. The van der Waals surface area contributed by atoms with Gasteiger partial charge in [0.15, 0.2) is 5.16 Å². The lowest BCUT2D eigenvalue weighted by molar-refractivity contribution is 0.309. The molecule has 2 aromatic rings. The van der Waals surface area contributed by atoms with Gasteiger partial charge in [-0.3, -0.25) is 0 Å². The lowest BCUT2D eigenvalue weighted by atomic mass is 10.3. The molecular weight excluding hydrogens is 268 g/mol. The molecule has 4 heteroatoms. The number of aryl methyl sites for hydroxylation is 2. The van der Waals surface area contributed by atoms with Gasteiger partial charge in [0.1, 0.15) is 5.75 Å². The summed E-state index contributed by atoms with van der Waals surface area (Å²) in [5, 5.41) is 0.794. The molecule has 0 aliphatic heterocycles. The van der Waals surface area contributed by atoms with Crippen LogP contribution in [0.2, 0.25) is 0 Å². The van der Waals surface area contributed by atoms with Crippen molar-refractivity contribution in [1.82, 2.24) is 9.97 Å². The molecule has 0 aliphatic rings. The maximum absolute atomic E-state index is 5.65. The highest BCUT2D eigenvalue weighted by molar-refractivity contribution is 7.99. The zero-order valence-corrected chi connectivity index (χ0v) is 13.0. The molecule has 0 amide bonds. The molecule has 0 spiro atoms. The van der Waals surface area contributed by atoms with Crippen molar-refractivity contribution in [3.8, 4) is 5.75 Å². The van der Waals surface area contributed by atoms with Crippen LogP contribution in [0.1, 0.15) is 31.2 Å². The van der Waals surface area contributed by atoms with E-state index in [-0.39, 0.29) is 0 Å². The van der Waals surface area contributed by atoms with E-state index in [0.29, 0.717) is 0 Å². The van der Waals surface area contributed by atoms with Crippen LogP contribution in [0.3, 0.4) is 0 Å². The Morgan fingerprint density at radius 3 is 2.30 bits per heavy atom. The van der Waals surface area contributed by atoms with E-state index in [9.17, 15) is 0 Å². The van der Waals surface area contributed by atoms with Gasteiger partial charge in [0.25, 0.3) is 0 Å². The Bertz CT molecular complexity index is 535. The topological polar surface area (TPSA) is 35.0 Å². The molecule has 0 saturated heterocycles. The summed E-state index contributed by atoms with van der Waals surface area (Å²) in [6.07, 6.45) is 2.24. The number of benzene rings is 1. The van der Waals surface area contributed by atoms with Crippen LogP contribution in [0.25, 0.3) is 0 Å². The Balaban J connectivity index is 1.99. The predicted octanol–water partition coefficient (Wildman–Crippen LogP) is 4.42. The Kier molecular flexibility index (Phi) is 5.41. The zero-order chi connectivity index (χ0) is 14.4. The van der Waals surface area contributed by atoms with Crippen molar-refractivity contribution in [1.29, 1.82) is 0 Å². The van der Waals surface area contributed by atoms with Gasteiger partial charge in [-0.1, -0.05) is 13.3 Å². The lowest BCUT2D eigenvalue weighted by Gasteiger charge is -2.06. The van der Waals surface area contributed by atoms with Crippen LogP contribution in [0, 0.1) is 13.8 Å². The van der Waals surface area contributed by atoms with Gasteiger partial charge in [-0.2, -0.15) is 0 Å². The third-order valence-corrected chi connectivity index (χ3v) is 3.63. The largest absolute Gasteiger partial charge is 0.494 e. The first kappa shape index (κ1) is 14.9. The van der Waals surface area contributed by atoms with Gasteiger partial charge in [-0.15, -0.1) is 0 Å². The summed E-state index contributed by atoms with van der Waals surface area (Å²) in [7, 11) is 0. The van der Waals surface area contributed by atoms with E-state index in [1.54, 1.807) is 11.8 Å². The molecule has 1 aromatic carbocycles. The van der Waals surface area contributed by atoms with Gasteiger partial charge in [-0.25, -0.2) is 9.97 Å². The van der Waals surface area contributed by atoms with E-state index < -0.39 is 0 Å². The number of hydrogen-bond acceptors (Lipinski definition) is 4. The van der Waals surface area contributed by atoms with Crippen molar-refractivity contribution < 1.29 is 4.74 Å². The summed E-state index contributed by atoms with van der Waals surface area (Å²) in [4.78, 5) is 9.99. The fourth-order valence-electron chi connectivity index (χ4n) is 1.78. The third kappa shape index (κ3) is 4.53. The van der Waals surface area contributed by atoms with Gasteiger partial charge in [0.05, 0.1) is 6.61 Å². The minimum absolute atomic E-state index is 0.781. The minimum Gasteiger partial charge on any atom is -0.494 e. The van der Waals surface area contributed by atoms with Crippen LogP contribution in [0.15, 0.2) is 40.4 Å². The average molecular weight is 288 g/mol. The van der Waals surface area contributed by atoms with Gasteiger partial charge >= 0.3 is 0 Å². The van der Waals surface area contributed by atoms with E-state index >= 15 is 0 Å². The van der Waals surface area contributed by atoms with Crippen molar-refractivity contribution in [2.45, 2.75) is 43.7 Å². The van der Waals surface area contributed by atoms with E-state index in [4.69, 9.17) is 4.74 Å². The Hall–Kier alpha value is -1.55. The molecule has 3 nitrogen and oxygen atoms in total. The van der Waals surface area contributed by atoms with Gasteiger partial charge in [0, 0.05) is 16.3 Å². The van der Waals surface area contributed by atoms with E-state index in [1.165, 1.54) is 0 Å². The van der Waals surface area contributed by atoms with Gasteiger partial charge in [-0.05, 0) is 62.4 Å². The SMILES string of the molecule is CCCCOc1ccc(Sc2nc(C)cc(C)n2)cc1. The van der Waals surface area contributed by atoms with Crippen molar-refractivity contribution in [3.05, 3.63) is 41.7 Å². The number of rotatable bonds is 6. The van der Waals surface area contributed by atoms with Crippen LogP contribution in [-0.2, 0) is 0 Å². The first-order valence-corrected chi connectivity index (χ1v) is 7.72. The van der Waals surface area contributed by atoms with Crippen LogP contribution in [0.4, 0.5) is 0 Å². The summed E-state index contributed by atoms with van der Waals surface area (Å²) in [6.45, 7) is 6.92. The summed E-state index contributed by atoms with van der Waals surface area (Å²) >= 11 is 1.58. The predicted molar refractivity (Wildman–Crippen MR) is 82.5 cm³/mol. The van der Waals surface area contributed by atoms with Crippen LogP contribution in [-0.4, -0.2) is 16.6 Å². The fraction of sp³-hybridized carbons (Fsp3) is 0.375. The molecule has 0 N–H and O–H groups in total. The summed E-state index contributed by atoms with van der Waals surface area (Å²) in [5.74, 6) is 0.921. The van der Waals surface area contributed by atoms with Crippen LogP contribution in [0.5, 0.6) is 5.75 Å².